The van der Waals surface area contributed by atoms with Crippen LogP contribution in [0.15, 0.2) is 89.3 Å². The Morgan fingerprint density at radius 3 is 2.63 bits per heavy atom. The third-order valence-corrected chi connectivity index (χ3v) is 8.84. The average molecular weight is 618 g/mol. The average Bonchev–Trinajstić information content (AvgIpc) is 3.61. The topological polar surface area (TPSA) is 111 Å². The Morgan fingerprint density at radius 1 is 1.09 bits per heavy atom. The van der Waals surface area contributed by atoms with E-state index < -0.39 is 17.7 Å². The fraction of sp³-hybridized carbons (Fsp3) is 0.161. The molecule has 12 heteroatoms. The highest BCUT2D eigenvalue weighted by molar-refractivity contribution is 8.00. The Kier molecular flexibility index (Phi) is 8.12. The summed E-state index contributed by atoms with van der Waals surface area (Å²) in [6.07, 6.45) is 1.62. The van der Waals surface area contributed by atoms with Crippen molar-refractivity contribution < 1.29 is 33.3 Å². The van der Waals surface area contributed by atoms with E-state index >= 15 is 0 Å². The molecular weight excluding hydrogens is 593 g/mol. The van der Waals surface area contributed by atoms with Crippen molar-refractivity contribution in [3.8, 4) is 17.2 Å². The number of rotatable bonds is 9. The second-order valence-corrected chi connectivity index (χ2v) is 11.6. The fourth-order valence-corrected chi connectivity index (χ4v) is 6.56. The highest BCUT2D eigenvalue weighted by atomic mass is 32.2. The molecule has 9 nitrogen and oxygen atoms in total. The van der Waals surface area contributed by atoms with Crippen molar-refractivity contribution >= 4 is 45.7 Å². The molecule has 0 aliphatic carbocycles. The largest absolute Gasteiger partial charge is 0.507 e. The minimum Gasteiger partial charge on any atom is -0.507 e. The van der Waals surface area contributed by atoms with E-state index in [-0.39, 0.29) is 27.8 Å². The molecule has 2 aliphatic rings. The summed E-state index contributed by atoms with van der Waals surface area (Å²) in [4.78, 5) is 28.3. The van der Waals surface area contributed by atoms with E-state index in [2.05, 4.69) is 16.8 Å². The van der Waals surface area contributed by atoms with Gasteiger partial charge in [-0.3, -0.25) is 14.5 Å². The number of nitrogens with zero attached hydrogens (tertiary/aromatic N) is 3. The van der Waals surface area contributed by atoms with E-state index in [9.17, 15) is 19.1 Å². The Morgan fingerprint density at radius 2 is 1.86 bits per heavy atom. The maximum atomic E-state index is 14.1. The summed E-state index contributed by atoms with van der Waals surface area (Å²) in [6, 6.07) is 17.1. The maximum Gasteiger partial charge on any atom is 0.301 e. The predicted octanol–water partition coefficient (Wildman–Crippen LogP) is 5.93. The lowest BCUT2D eigenvalue weighted by atomic mass is 9.95. The Bertz CT molecular complexity index is 1740. The van der Waals surface area contributed by atoms with Crippen molar-refractivity contribution in [2.75, 3.05) is 24.7 Å². The van der Waals surface area contributed by atoms with Gasteiger partial charge in [-0.2, -0.15) is 0 Å². The van der Waals surface area contributed by atoms with Crippen LogP contribution in [0.5, 0.6) is 17.2 Å². The number of hydrogen-bond acceptors (Lipinski definition) is 10. The molecule has 1 aromatic heterocycles. The van der Waals surface area contributed by atoms with Crippen LogP contribution < -0.4 is 19.1 Å². The summed E-state index contributed by atoms with van der Waals surface area (Å²) in [7, 11) is 0. The molecule has 218 valence electrons. The van der Waals surface area contributed by atoms with Crippen molar-refractivity contribution in [2.24, 2.45) is 0 Å². The number of hydrogen-bond donors (Lipinski definition) is 1. The second-order valence-electron chi connectivity index (χ2n) is 9.43. The van der Waals surface area contributed by atoms with Crippen molar-refractivity contribution in [3.05, 3.63) is 107 Å². The molecule has 0 saturated carbocycles. The van der Waals surface area contributed by atoms with Crippen molar-refractivity contribution in [1.82, 2.24) is 10.2 Å². The van der Waals surface area contributed by atoms with Crippen LogP contribution in [-0.2, 0) is 15.3 Å². The number of fused-ring (bicyclic) bond motifs is 1. The van der Waals surface area contributed by atoms with Gasteiger partial charge in [0.05, 0.1) is 11.6 Å². The maximum absolute atomic E-state index is 14.1. The molecule has 1 saturated heterocycles. The number of aromatic nitrogens is 2. The van der Waals surface area contributed by atoms with Crippen LogP contribution in [0.3, 0.4) is 0 Å². The number of anilines is 1. The molecule has 43 heavy (non-hydrogen) atoms. The number of aliphatic hydroxyl groups excluding tert-OH is 1. The van der Waals surface area contributed by atoms with Crippen LogP contribution in [0.1, 0.15) is 22.7 Å². The Balaban J connectivity index is 1.38. The van der Waals surface area contributed by atoms with Crippen LogP contribution in [0.25, 0.3) is 5.76 Å². The lowest BCUT2D eigenvalue weighted by Crippen LogP contribution is -2.29. The van der Waals surface area contributed by atoms with Crippen LogP contribution in [0, 0.1) is 5.82 Å². The van der Waals surface area contributed by atoms with Crippen molar-refractivity contribution in [2.45, 2.75) is 16.1 Å². The van der Waals surface area contributed by atoms with Gasteiger partial charge in [-0.1, -0.05) is 66.1 Å². The van der Waals surface area contributed by atoms with Gasteiger partial charge < -0.3 is 19.3 Å². The minimum atomic E-state index is -1.01. The first-order chi connectivity index (χ1) is 20.9. The van der Waals surface area contributed by atoms with E-state index in [1.54, 1.807) is 66.7 Å². The number of ether oxygens (including phenoxy) is 3. The number of halogens is 1. The summed E-state index contributed by atoms with van der Waals surface area (Å²) >= 11 is 2.36. The smallest absolute Gasteiger partial charge is 0.301 e. The zero-order valence-electron chi connectivity index (χ0n) is 22.6. The highest BCUT2D eigenvalue weighted by Crippen LogP contribution is 2.45. The van der Waals surface area contributed by atoms with Crippen LogP contribution in [-0.4, -0.2) is 46.8 Å². The zero-order valence-corrected chi connectivity index (χ0v) is 24.2. The lowest BCUT2D eigenvalue weighted by Gasteiger charge is -2.23. The number of carbonyl (C=O) groups excluding carboxylic acids is 2. The fourth-order valence-electron chi connectivity index (χ4n) is 4.71. The molecule has 0 bridgehead atoms. The molecule has 1 fully saturated rings. The molecule has 6 rings (SSSR count). The van der Waals surface area contributed by atoms with Gasteiger partial charge in [0.1, 0.15) is 37.1 Å². The molecule has 1 atom stereocenters. The van der Waals surface area contributed by atoms with Crippen molar-refractivity contribution in [1.29, 1.82) is 0 Å². The summed E-state index contributed by atoms with van der Waals surface area (Å²) in [5.41, 5.74) is 1.22. The first-order valence-electron chi connectivity index (χ1n) is 13.2. The summed E-state index contributed by atoms with van der Waals surface area (Å²) in [5.74, 6) is -0.624. The molecule has 2 aliphatic heterocycles. The van der Waals surface area contributed by atoms with Gasteiger partial charge >= 0.3 is 5.91 Å². The third-order valence-electron chi connectivity index (χ3n) is 6.73. The normalized spacial score (nSPS) is 17.2. The van der Waals surface area contributed by atoms with Crippen LogP contribution in [0.2, 0.25) is 0 Å². The van der Waals surface area contributed by atoms with Gasteiger partial charge in [0, 0.05) is 11.3 Å². The van der Waals surface area contributed by atoms with Crippen LogP contribution in [0.4, 0.5) is 9.52 Å². The van der Waals surface area contributed by atoms with E-state index in [0.717, 1.165) is 11.3 Å². The number of benzene rings is 3. The zero-order chi connectivity index (χ0) is 29.9. The summed E-state index contributed by atoms with van der Waals surface area (Å²) in [6.45, 7) is 4.70. The van der Waals surface area contributed by atoms with Gasteiger partial charge in [-0.25, -0.2) is 4.39 Å². The predicted molar refractivity (Wildman–Crippen MR) is 160 cm³/mol. The number of ketones is 1. The van der Waals surface area contributed by atoms with E-state index in [1.807, 2.05) is 0 Å². The van der Waals surface area contributed by atoms with Crippen molar-refractivity contribution in [3.63, 3.8) is 0 Å². The SMILES string of the molecule is C=CCOc1ccc(C2/C(=C(\O)c3ccc4c(c3)OCCO4)C(=O)C(=O)N2c2nnc(SCc3ccccc3F)s2)cc1. The van der Waals surface area contributed by atoms with Gasteiger partial charge in [0.25, 0.3) is 5.78 Å². The van der Waals surface area contributed by atoms with Gasteiger partial charge in [-0.05, 0) is 47.5 Å². The van der Waals surface area contributed by atoms with Crippen LogP contribution >= 0.6 is 23.1 Å². The molecule has 3 heterocycles. The van der Waals surface area contributed by atoms with Gasteiger partial charge in [0.15, 0.2) is 15.8 Å². The Hall–Kier alpha value is -4.68. The molecule has 1 unspecified atom stereocenters. The number of aliphatic hydroxyl groups is 1. The molecule has 3 aromatic carbocycles. The molecule has 1 amide bonds. The van der Waals surface area contributed by atoms with E-state index in [0.29, 0.717) is 58.3 Å². The monoisotopic (exact) mass is 617 g/mol. The lowest BCUT2D eigenvalue weighted by molar-refractivity contribution is -0.132. The minimum absolute atomic E-state index is 0.114. The van der Waals surface area contributed by atoms with Gasteiger partial charge in [0.2, 0.25) is 5.13 Å². The quantitative estimate of drug-likeness (QED) is 0.0610. The standard InChI is InChI=1S/C31H24FN3O6S2/c1-2-13-39-21-10-7-18(8-11-21)26-25(27(36)19-9-12-23-24(16-19)41-15-14-40-23)28(37)29(38)35(26)30-33-34-31(43-30)42-17-20-5-3-4-6-22(20)32/h2-12,16,26,36H,1,13-15,17H2/b27-25+. The van der Waals surface area contributed by atoms with Gasteiger partial charge in [-0.15, -0.1) is 10.2 Å². The summed E-state index contributed by atoms with van der Waals surface area (Å²) < 4.78 is 31.4. The van der Waals surface area contributed by atoms with E-state index in [4.69, 9.17) is 14.2 Å². The highest BCUT2D eigenvalue weighted by Gasteiger charge is 2.48. The third kappa shape index (κ3) is 5.71. The molecular formula is C31H24FN3O6S2. The molecule has 1 N–H and O–H groups in total. The second kappa shape index (κ2) is 12.3. The molecule has 0 spiro atoms. The number of thioether (sulfide) groups is 1. The first-order valence-corrected chi connectivity index (χ1v) is 15.0. The molecule has 4 aromatic rings. The molecule has 0 radical (unpaired) electrons. The Labute approximate surface area is 254 Å². The first kappa shape index (κ1) is 28.4. The number of carbonyl (C=O) groups is 2. The summed E-state index contributed by atoms with van der Waals surface area (Å²) in [5, 5.41) is 20.0. The number of amides is 1. The van der Waals surface area contributed by atoms with E-state index in [1.165, 1.54) is 22.7 Å². The number of Topliss-reactive ketones (excluding diaryl/α,β-unsaturated/α-hetero) is 1.